The third kappa shape index (κ3) is 16.8. The highest BCUT2D eigenvalue weighted by molar-refractivity contribution is 7.85. The Morgan fingerprint density at radius 3 is 2.01 bits per heavy atom. The van der Waals surface area contributed by atoms with E-state index in [0.29, 0.717) is 29.5 Å². The Hall–Kier alpha value is -7.10. The van der Waals surface area contributed by atoms with Crippen molar-refractivity contribution in [3.63, 3.8) is 0 Å². The second kappa shape index (κ2) is 25.0. The normalized spacial score (nSPS) is 15.3. The van der Waals surface area contributed by atoms with Crippen LogP contribution in [-0.2, 0) is 62.3 Å². The lowest BCUT2D eigenvalue weighted by atomic mass is 9.97. The van der Waals surface area contributed by atoms with Crippen molar-refractivity contribution in [1.82, 2.24) is 31.5 Å². The van der Waals surface area contributed by atoms with Gasteiger partial charge < -0.3 is 36.6 Å². The zero-order valence-corrected chi connectivity index (χ0v) is 40.6. The Morgan fingerprint density at radius 2 is 1.36 bits per heavy atom. The van der Waals surface area contributed by atoms with Gasteiger partial charge in [0.15, 0.2) is 0 Å². The van der Waals surface area contributed by atoms with Crippen molar-refractivity contribution in [2.45, 2.75) is 127 Å². The van der Waals surface area contributed by atoms with Crippen molar-refractivity contribution in [3.05, 3.63) is 119 Å². The molecule has 0 saturated carbocycles. The molecule has 4 aromatic carbocycles. The van der Waals surface area contributed by atoms with Crippen LogP contribution in [0, 0.1) is 11.8 Å². The Bertz CT molecular complexity index is 2690. The summed E-state index contributed by atoms with van der Waals surface area (Å²) in [5, 5.41) is 25.0. The number of nitrogens with one attached hydrogen (secondary N) is 5. The van der Waals surface area contributed by atoms with Crippen LogP contribution in [0.25, 0.3) is 10.8 Å². The van der Waals surface area contributed by atoms with Crippen molar-refractivity contribution in [2.24, 2.45) is 0 Å². The van der Waals surface area contributed by atoms with Crippen LogP contribution < -0.4 is 26.6 Å². The molecule has 5 rings (SSSR count). The average Bonchev–Trinajstić information content (AvgIpc) is 3.80. The zero-order valence-electron chi connectivity index (χ0n) is 39.8. The van der Waals surface area contributed by atoms with E-state index in [1.54, 1.807) is 63.2 Å². The molecule has 0 aliphatic carbocycles. The first kappa shape index (κ1) is 53.8. The number of aliphatic carboxylic acids is 1. The van der Waals surface area contributed by atoms with Crippen LogP contribution in [0.3, 0.4) is 0 Å². The van der Waals surface area contributed by atoms with E-state index in [0.717, 1.165) is 16.3 Å². The topological polar surface area (TPSA) is 257 Å². The minimum Gasteiger partial charge on any atom is -0.481 e. The van der Waals surface area contributed by atoms with Gasteiger partial charge in [-0.25, -0.2) is 0 Å². The molecule has 0 radical (unpaired) electrons. The summed E-state index contributed by atoms with van der Waals surface area (Å²) in [4.78, 5) is 97.0. The molecule has 372 valence electrons. The Labute approximate surface area is 408 Å². The lowest BCUT2D eigenvalue weighted by Gasteiger charge is -2.31. The van der Waals surface area contributed by atoms with Gasteiger partial charge in [0.05, 0.1) is 0 Å². The van der Waals surface area contributed by atoms with E-state index < -0.39 is 93.0 Å². The first-order chi connectivity index (χ1) is 33.2. The second-order valence-corrected chi connectivity index (χ2v) is 19.9. The second-order valence-electron chi connectivity index (χ2n) is 18.4. The number of likely N-dealkylation sites (tertiary alicyclic amines) is 1. The lowest BCUT2D eigenvalue weighted by molar-refractivity contribution is -0.142. The predicted molar refractivity (Wildman–Crippen MR) is 263 cm³/mol. The maximum absolute atomic E-state index is 14.5. The van der Waals surface area contributed by atoms with Gasteiger partial charge in [-0.3, -0.25) is 38.1 Å². The molecule has 0 spiro atoms. The fourth-order valence-electron chi connectivity index (χ4n) is 8.22. The van der Waals surface area contributed by atoms with Crippen molar-refractivity contribution in [3.8, 4) is 11.8 Å². The van der Waals surface area contributed by atoms with Crippen LogP contribution >= 0.6 is 0 Å². The standard InChI is InChI=1S/C52H62N6O11S/c1-5-14-41(55-47(62)42(53-45(59)29-28-34-15-7-6-8-16-34)31-35-24-26-36(27-25-35)33-70(67,68)69)51(66)58-30-13-22-44(58)50(65)56-43(32-38-19-11-18-37-17-9-10-20-39(37)38)48(63)54-40(21-12-23-46(60)61)49(64)57-52(2,3)4/h6-11,15-20,24-27,40-44H,5,12-14,21-23,30-33H2,1-4H3,(H,53,59)(H,54,63)(H,55,62)(H,56,65)(H,57,64)(H,60,61)(H,67,68,69)/t40-,41-,42-,43-,44-/m0/s1. The number of carboxylic acids is 1. The molecule has 1 aliphatic rings. The smallest absolute Gasteiger partial charge is 0.303 e. The average molecular weight is 979 g/mol. The first-order valence-corrected chi connectivity index (χ1v) is 24.9. The van der Waals surface area contributed by atoms with Crippen molar-refractivity contribution in [1.29, 1.82) is 0 Å². The van der Waals surface area contributed by atoms with E-state index in [-0.39, 0.29) is 51.5 Å². The summed E-state index contributed by atoms with van der Waals surface area (Å²) in [6, 6.07) is 22.1. The molecule has 1 heterocycles. The zero-order chi connectivity index (χ0) is 51.0. The highest BCUT2D eigenvalue weighted by Crippen LogP contribution is 2.23. The Morgan fingerprint density at radius 1 is 0.729 bits per heavy atom. The largest absolute Gasteiger partial charge is 0.481 e. The molecule has 1 saturated heterocycles. The number of benzene rings is 4. The number of carboxylic acid groups (broad SMARTS) is 1. The van der Waals surface area contributed by atoms with Crippen molar-refractivity contribution >= 4 is 62.3 Å². The van der Waals surface area contributed by atoms with Gasteiger partial charge in [0.25, 0.3) is 16.0 Å². The molecule has 0 bridgehead atoms. The van der Waals surface area contributed by atoms with Crippen LogP contribution in [-0.4, -0.2) is 107 Å². The van der Waals surface area contributed by atoms with Gasteiger partial charge in [-0.05, 0) is 92.5 Å². The van der Waals surface area contributed by atoms with Crippen molar-refractivity contribution in [2.75, 3.05) is 6.54 Å². The molecule has 6 amide bonds. The minimum absolute atomic E-state index is 0.00292. The van der Waals surface area contributed by atoms with E-state index >= 15 is 0 Å². The molecule has 5 atom stereocenters. The van der Waals surface area contributed by atoms with Crippen LogP contribution in [0.2, 0.25) is 0 Å². The molecule has 7 N–H and O–H groups in total. The van der Waals surface area contributed by atoms with Gasteiger partial charge in [-0.2, -0.15) is 8.42 Å². The van der Waals surface area contributed by atoms with Crippen LogP contribution in [0.15, 0.2) is 97.1 Å². The number of carbonyl (C=O) groups excluding carboxylic acids is 6. The summed E-state index contributed by atoms with van der Waals surface area (Å²) in [6.45, 7) is 7.30. The molecule has 18 heteroatoms. The van der Waals surface area contributed by atoms with Crippen LogP contribution in [0.1, 0.15) is 94.9 Å². The third-order valence-electron chi connectivity index (χ3n) is 11.5. The third-order valence-corrected chi connectivity index (χ3v) is 12.2. The first-order valence-electron chi connectivity index (χ1n) is 23.3. The highest BCUT2D eigenvalue weighted by atomic mass is 32.2. The number of carbonyl (C=O) groups is 7. The number of hydrogen-bond acceptors (Lipinski definition) is 9. The summed E-state index contributed by atoms with van der Waals surface area (Å²) in [7, 11) is -4.31. The fraction of sp³-hybridized carbons (Fsp3) is 0.404. The SMILES string of the molecule is CCC[C@H](NC(=O)[C@H](Cc1ccc(CS(=O)(=O)O)cc1)NC(=O)C#Cc1ccccc1)C(=O)N1CCC[C@H]1C(=O)N[C@@H](Cc1cccc2ccccc12)C(=O)N[C@@H](CCCC(=O)O)C(=O)NC(C)(C)C. The molecule has 70 heavy (non-hydrogen) atoms. The van der Waals surface area contributed by atoms with Crippen molar-refractivity contribution < 1.29 is 51.6 Å². The number of rotatable bonds is 21. The summed E-state index contributed by atoms with van der Waals surface area (Å²) >= 11 is 0. The molecular formula is C52H62N6O11S. The summed E-state index contributed by atoms with van der Waals surface area (Å²) < 4.78 is 32.2. The van der Waals surface area contributed by atoms with E-state index in [2.05, 4.69) is 38.4 Å². The van der Waals surface area contributed by atoms with Crippen LogP contribution in [0.5, 0.6) is 0 Å². The minimum atomic E-state index is -4.31. The Kier molecular flexibility index (Phi) is 19.2. The van der Waals surface area contributed by atoms with Crippen LogP contribution in [0.4, 0.5) is 0 Å². The summed E-state index contributed by atoms with van der Waals surface area (Å²) in [6.07, 6.45) is 1.08. The number of nitrogens with zero attached hydrogens (tertiary/aromatic N) is 1. The summed E-state index contributed by atoms with van der Waals surface area (Å²) in [5.41, 5.74) is 1.43. The molecule has 0 aromatic heterocycles. The predicted octanol–water partition coefficient (Wildman–Crippen LogP) is 3.96. The van der Waals surface area contributed by atoms with E-state index in [1.807, 2.05) is 49.4 Å². The Balaban J connectivity index is 1.38. The van der Waals surface area contributed by atoms with Gasteiger partial charge in [0, 0.05) is 42.8 Å². The maximum Gasteiger partial charge on any atom is 0.303 e. The monoisotopic (exact) mass is 978 g/mol. The van der Waals surface area contributed by atoms with Gasteiger partial charge in [0.1, 0.15) is 36.0 Å². The molecule has 17 nitrogen and oxygen atoms in total. The van der Waals surface area contributed by atoms with E-state index in [1.165, 1.54) is 17.0 Å². The van der Waals surface area contributed by atoms with Gasteiger partial charge in [-0.1, -0.05) is 104 Å². The fourth-order valence-corrected chi connectivity index (χ4v) is 8.83. The molecule has 0 unspecified atom stereocenters. The van der Waals surface area contributed by atoms with Gasteiger partial charge in [0.2, 0.25) is 29.5 Å². The quantitative estimate of drug-likeness (QED) is 0.0465. The number of amides is 6. The summed E-state index contributed by atoms with van der Waals surface area (Å²) in [5.74, 6) is -0.316. The van der Waals surface area contributed by atoms with E-state index in [4.69, 9.17) is 0 Å². The van der Waals surface area contributed by atoms with Gasteiger partial charge in [-0.15, -0.1) is 0 Å². The van der Waals surface area contributed by atoms with E-state index in [9.17, 15) is 51.6 Å². The highest BCUT2D eigenvalue weighted by Gasteiger charge is 2.40. The molecule has 1 aliphatic heterocycles. The molecule has 4 aromatic rings. The number of hydrogen-bond donors (Lipinski definition) is 7. The maximum atomic E-state index is 14.5. The number of fused-ring (bicyclic) bond motifs is 1. The van der Waals surface area contributed by atoms with Gasteiger partial charge >= 0.3 is 5.97 Å². The molecule has 1 fully saturated rings. The lowest BCUT2D eigenvalue weighted by Crippen LogP contribution is -2.59. The molecular weight excluding hydrogens is 917 g/mol.